The van der Waals surface area contributed by atoms with Gasteiger partial charge in [-0.2, -0.15) is 11.8 Å². The van der Waals surface area contributed by atoms with Crippen LogP contribution in [0.3, 0.4) is 0 Å². The summed E-state index contributed by atoms with van der Waals surface area (Å²) in [4.78, 5) is 27.8. The van der Waals surface area contributed by atoms with E-state index in [2.05, 4.69) is 36.5 Å². The van der Waals surface area contributed by atoms with Gasteiger partial charge in [-0.1, -0.05) is 29.8 Å². The number of hydrogen-bond donors (Lipinski definition) is 1. The summed E-state index contributed by atoms with van der Waals surface area (Å²) in [5.41, 5.74) is 2.36. The fourth-order valence-electron chi connectivity index (χ4n) is 2.48. The van der Waals surface area contributed by atoms with Crippen molar-refractivity contribution in [2.75, 3.05) is 38.2 Å². The Morgan fingerprint density at radius 1 is 1.35 bits per heavy atom. The number of benzene rings is 1. The number of carbonyl (C=O) groups is 2. The first-order chi connectivity index (χ1) is 11.0. The minimum absolute atomic E-state index is 0.0490. The third-order valence-electron chi connectivity index (χ3n) is 4.14. The fourth-order valence-corrected chi connectivity index (χ4v) is 3.56. The molecule has 0 spiro atoms. The zero-order valence-corrected chi connectivity index (χ0v) is 14.9. The molecule has 2 rings (SSSR count). The van der Waals surface area contributed by atoms with Crippen LogP contribution in [-0.2, 0) is 4.79 Å². The van der Waals surface area contributed by atoms with E-state index in [4.69, 9.17) is 0 Å². The standard InChI is InChI=1S/C17H25N3O2S/c1-4-19(3)16(21)11-18-17(22)20-9-10-23-12-15(20)14-7-5-13(2)6-8-14/h5-8,15H,4,9-12H2,1-3H3,(H,18,22). The Kier molecular flexibility index (Phi) is 6.33. The van der Waals surface area contributed by atoms with Crippen LogP contribution in [0.5, 0.6) is 0 Å². The summed E-state index contributed by atoms with van der Waals surface area (Å²) < 4.78 is 0. The van der Waals surface area contributed by atoms with Crippen LogP contribution >= 0.6 is 11.8 Å². The molecule has 1 aromatic rings. The second-order valence-electron chi connectivity index (χ2n) is 5.76. The smallest absolute Gasteiger partial charge is 0.318 e. The molecule has 1 unspecified atom stereocenters. The SMILES string of the molecule is CCN(C)C(=O)CNC(=O)N1CCSCC1c1ccc(C)cc1. The van der Waals surface area contributed by atoms with Crippen molar-refractivity contribution in [2.45, 2.75) is 19.9 Å². The van der Waals surface area contributed by atoms with Crippen LogP contribution in [0, 0.1) is 6.92 Å². The molecule has 1 aromatic carbocycles. The van der Waals surface area contributed by atoms with E-state index in [0.717, 1.165) is 17.1 Å². The third-order valence-corrected chi connectivity index (χ3v) is 5.17. The number of carbonyl (C=O) groups excluding carboxylic acids is 2. The molecule has 23 heavy (non-hydrogen) atoms. The second kappa shape index (κ2) is 8.24. The van der Waals surface area contributed by atoms with Crippen molar-refractivity contribution in [1.82, 2.24) is 15.1 Å². The first kappa shape index (κ1) is 17.7. The van der Waals surface area contributed by atoms with E-state index in [0.29, 0.717) is 13.1 Å². The first-order valence-electron chi connectivity index (χ1n) is 7.95. The van der Waals surface area contributed by atoms with Gasteiger partial charge in [0.05, 0.1) is 12.6 Å². The number of thioether (sulfide) groups is 1. The van der Waals surface area contributed by atoms with Gasteiger partial charge < -0.3 is 15.1 Å². The van der Waals surface area contributed by atoms with E-state index in [1.165, 1.54) is 5.56 Å². The van der Waals surface area contributed by atoms with Gasteiger partial charge in [0, 0.05) is 31.6 Å². The van der Waals surface area contributed by atoms with E-state index in [9.17, 15) is 9.59 Å². The maximum absolute atomic E-state index is 12.5. The summed E-state index contributed by atoms with van der Waals surface area (Å²) in [6, 6.07) is 8.22. The molecule has 1 aliphatic heterocycles. The Morgan fingerprint density at radius 2 is 2.04 bits per heavy atom. The largest absolute Gasteiger partial charge is 0.345 e. The summed E-state index contributed by atoms with van der Waals surface area (Å²) in [7, 11) is 1.74. The van der Waals surface area contributed by atoms with Gasteiger partial charge in [-0.05, 0) is 19.4 Å². The highest BCUT2D eigenvalue weighted by Crippen LogP contribution is 2.29. The van der Waals surface area contributed by atoms with Gasteiger partial charge in [-0.25, -0.2) is 4.79 Å². The van der Waals surface area contributed by atoms with Crippen LogP contribution in [0.4, 0.5) is 4.79 Å². The average molecular weight is 335 g/mol. The molecule has 1 N–H and O–H groups in total. The molecular weight excluding hydrogens is 310 g/mol. The summed E-state index contributed by atoms with van der Waals surface area (Å²) in [6.07, 6.45) is 0. The predicted molar refractivity (Wildman–Crippen MR) is 94.7 cm³/mol. The molecule has 0 bridgehead atoms. The zero-order valence-electron chi connectivity index (χ0n) is 14.0. The second-order valence-corrected chi connectivity index (χ2v) is 6.91. The lowest BCUT2D eigenvalue weighted by atomic mass is 10.1. The maximum atomic E-state index is 12.5. The predicted octanol–water partition coefficient (Wildman–Crippen LogP) is 2.27. The van der Waals surface area contributed by atoms with Crippen molar-refractivity contribution >= 4 is 23.7 Å². The number of likely N-dealkylation sites (N-methyl/N-ethyl adjacent to an activating group) is 1. The number of hydrogen-bond acceptors (Lipinski definition) is 3. The van der Waals surface area contributed by atoms with E-state index < -0.39 is 0 Å². The number of amides is 3. The molecule has 0 aromatic heterocycles. The van der Waals surface area contributed by atoms with Gasteiger partial charge in [0.1, 0.15) is 0 Å². The minimum Gasteiger partial charge on any atom is -0.345 e. The Bertz CT molecular complexity index is 547. The van der Waals surface area contributed by atoms with E-state index >= 15 is 0 Å². The highest BCUT2D eigenvalue weighted by Gasteiger charge is 2.28. The molecule has 1 fully saturated rings. The molecule has 1 heterocycles. The zero-order chi connectivity index (χ0) is 16.8. The fraction of sp³-hybridized carbons (Fsp3) is 0.529. The number of rotatable bonds is 4. The van der Waals surface area contributed by atoms with E-state index in [1.54, 1.807) is 11.9 Å². The molecule has 5 nitrogen and oxygen atoms in total. The molecule has 0 radical (unpaired) electrons. The van der Waals surface area contributed by atoms with Crippen molar-refractivity contribution in [1.29, 1.82) is 0 Å². The van der Waals surface area contributed by atoms with Crippen molar-refractivity contribution in [3.05, 3.63) is 35.4 Å². The summed E-state index contributed by atoms with van der Waals surface area (Å²) in [6.45, 7) is 5.36. The lowest BCUT2D eigenvalue weighted by Crippen LogP contribution is -2.48. The molecule has 1 atom stereocenters. The third kappa shape index (κ3) is 4.64. The quantitative estimate of drug-likeness (QED) is 0.918. The molecule has 1 aliphatic rings. The monoisotopic (exact) mass is 335 g/mol. The van der Waals surface area contributed by atoms with E-state index in [-0.39, 0.29) is 24.5 Å². The molecule has 0 saturated carbocycles. The Balaban J connectivity index is 2.01. The molecule has 126 valence electrons. The average Bonchev–Trinajstić information content (AvgIpc) is 2.59. The summed E-state index contributed by atoms with van der Waals surface area (Å²) in [5.74, 6) is 1.75. The molecular formula is C17H25N3O2S. The van der Waals surface area contributed by atoms with Crippen molar-refractivity contribution < 1.29 is 9.59 Å². The molecule has 6 heteroatoms. The maximum Gasteiger partial charge on any atom is 0.318 e. The van der Waals surface area contributed by atoms with Crippen LogP contribution < -0.4 is 5.32 Å². The van der Waals surface area contributed by atoms with Gasteiger partial charge in [-0.15, -0.1) is 0 Å². The topological polar surface area (TPSA) is 52.7 Å². The van der Waals surface area contributed by atoms with Crippen molar-refractivity contribution in [3.8, 4) is 0 Å². The van der Waals surface area contributed by atoms with Crippen molar-refractivity contribution in [2.24, 2.45) is 0 Å². The lowest BCUT2D eigenvalue weighted by molar-refractivity contribution is -0.128. The van der Waals surface area contributed by atoms with Crippen LogP contribution in [0.25, 0.3) is 0 Å². The minimum atomic E-state index is -0.159. The van der Waals surface area contributed by atoms with Gasteiger partial charge in [0.25, 0.3) is 0 Å². The molecule has 0 aliphatic carbocycles. The summed E-state index contributed by atoms with van der Waals surface area (Å²) in [5, 5.41) is 2.77. The molecule has 1 saturated heterocycles. The Labute approximate surface area is 142 Å². The van der Waals surface area contributed by atoms with Crippen LogP contribution in [0.2, 0.25) is 0 Å². The van der Waals surface area contributed by atoms with E-state index in [1.807, 2.05) is 23.6 Å². The Morgan fingerprint density at radius 3 is 2.70 bits per heavy atom. The normalized spacial score (nSPS) is 17.7. The first-order valence-corrected chi connectivity index (χ1v) is 9.11. The number of nitrogens with one attached hydrogen (secondary N) is 1. The lowest BCUT2D eigenvalue weighted by Gasteiger charge is -2.35. The van der Waals surface area contributed by atoms with Crippen LogP contribution in [-0.4, -0.2) is 59.9 Å². The van der Waals surface area contributed by atoms with Gasteiger partial charge in [0.15, 0.2) is 0 Å². The van der Waals surface area contributed by atoms with Gasteiger partial charge in [0.2, 0.25) is 5.91 Å². The summed E-state index contributed by atoms with van der Waals surface area (Å²) >= 11 is 1.86. The Hall–Kier alpha value is -1.69. The highest BCUT2D eigenvalue weighted by molar-refractivity contribution is 7.99. The van der Waals surface area contributed by atoms with Gasteiger partial charge in [-0.3, -0.25) is 4.79 Å². The van der Waals surface area contributed by atoms with Gasteiger partial charge >= 0.3 is 6.03 Å². The molecule has 3 amide bonds. The number of nitrogens with zero attached hydrogens (tertiary/aromatic N) is 2. The van der Waals surface area contributed by atoms with Crippen LogP contribution in [0.1, 0.15) is 24.1 Å². The van der Waals surface area contributed by atoms with Crippen LogP contribution in [0.15, 0.2) is 24.3 Å². The number of aryl methyl sites for hydroxylation is 1. The number of urea groups is 1. The highest BCUT2D eigenvalue weighted by atomic mass is 32.2. The van der Waals surface area contributed by atoms with Crippen molar-refractivity contribution in [3.63, 3.8) is 0 Å².